The molecule has 2 aromatic rings. The van der Waals surface area contributed by atoms with Crippen LogP contribution in [0, 0.1) is 40.5 Å². The first-order chi connectivity index (χ1) is 11.9. The highest BCUT2D eigenvalue weighted by Crippen LogP contribution is 2.25. The molecule has 0 unspecified atom stereocenters. The van der Waals surface area contributed by atoms with Crippen molar-refractivity contribution in [2.45, 2.75) is 54.0 Å². The number of ether oxygens (including phenoxy) is 1. The molecule has 0 saturated carbocycles. The molecule has 1 aliphatic heterocycles. The number of aromatic nitrogens is 3. The Balaban J connectivity index is 1.49. The summed E-state index contributed by atoms with van der Waals surface area (Å²) in [5.41, 5.74) is 3.25. The minimum absolute atomic E-state index is 0.607. The first kappa shape index (κ1) is 18.3. The predicted octanol–water partition coefficient (Wildman–Crippen LogP) is 3.77. The molecule has 1 aliphatic rings. The second kappa shape index (κ2) is 7.79. The van der Waals surface area contributed by atoms with Crippen molar-refractivity contribution in [1.29, 1.82) is 0 Å². The van der Waals surface area contributed by atoms with Gasteiger partial charge in [-0.1, -0.05) is 0 Å². The Morgan fingerprint density at radius 2 is 1.72 bits per heavy atom. The molecular weight excluding hydrogens is 332 g/mol. The Bertz CT molecular complexity index is 735. The van der Waals surface area contributed by atoms with Gasteiger partial charge in [0.2, 0.25) is 5.88 Å². The van der Waals surface area contributed by atoms with Gasteiger partial charge in [0, 0.05) is 22.7 Å². The average Bonchev–Trinajstić information content (AvgIpc) is 2.88. The zero-order chi connectivity index (χ0) is 18.0. The van der Waals surface area contributed by atoms with E-state index in [1.807, 2.05) is 32.1 Å². The Morgan fingerprint density at radius 3 is 2.36 bits per heavy atom. The van der Waals surface area contributed by atoms with Crippen LogP contribution in [0.15, 0.2) is 0 Å². The molecule has 3 heterocycles. The summed E-state index contributed by atoms with van der Waals surface area (Å²) < 4.78 is 6.04. The monoisotopic (exact) mass is 360 g/mol. The van der Waals surface area contributed by atoms with Crippen LogP contribution in [0.2, 0.25) is 0 Å². The lowest BCUT2D eigenvalue weighted by Crippen LogP contribution is -2.35. The minimum atomic E-state index is 0.607. The molecule has 2 aromatic heterocycles. The van der Waals surface area contributed by atoms with Gasteiger partial charge in [0.1, 0.15) is 5.82 Å². The topological polar surface area (TPSA) is 51.1 Å². The van der Waals surface area contributed by atoms with Crippen LogP contribution < -0.4 is 4.74 Å². The van der Waals surface area contributed by atoms with Crippen molar-refractivity contribution in [2.24, 2.45) is 5.92 Å². The summed E-state index contributed by atoms with van der Waals surface area (Å²) in [6.07, 6.45) is 2.36. The molecule has 6 heteroatoms. The summed E-state index contributed by atoms with van der Waals surface area (Å²) in [6, 6.07) is 0. The highest BCUT2D eigenvalue weighted by Gasteiger charge is 2.21. The number of aryl methyl sites for hydroxylation is 4. The quantitative estimate of drug-likeness (QED) is 0.812. The third-order valence-corrected chi connectivity index (χ3v) is 6.04. The molecule has 0 aromatic carbocycles. The fourth-order valence-electron chi connectivity index (χ4n) is 3.31. The Labute approximate surface area is 154 Å². The normalized spacial score (nSPS) is 16.4. The van der Waals surface area contributed by atoms with Crippen molar-refractivity contribution in [3.05, 3.63) is 32.7 Å². The summed E-state index contributed by atoms with van der Waals surface area (Å²) in [5.74, 6) is 2.14. The Morgan fingerprint density at radius 1 is 1.00 bits per heavy atom. The molecule has 0 atom stereocenters. The van der Waals surface area contributed by atoms with Crippen LogP contribution in [0.4, 0.5) is 0 Å². The molecule has 0 amide bonds. The van der Waals surface area contributed by atoms with Crippen LogP contribution in [-0.2, 0) is 6.54 Å². The number of thiazole rings is 1. The molecule has 1 saturated heterocycles. The second-order valence-corrected chi connectivity index (χ2v) is 8.35. The van der Waals surface area contributed by atoms with Crippen LogP contribution in [0.1, 0.15) is 45.5 Å². The van der Waals surface area contributed by atoms with Crippen LogP contribution in [-0.4, -0.2) is 39.5 Å². The standard InChI is InChI=1S/C19H28N4OS/c1-12-13(2)20-15(4)22-19(12)24-11-17-6-8-23(9-7-17)10-18-14(3)21-16(5)25-18/h17H,6-11H2,1-5H3. The van der Waals surface area contributed by atoms with E-state index in [-0.39, 0.29) is 0 Å². The van der Waals surface area contributed by atoms with Gasteiger partial charge in [0.05, 0.1) is 17.3 Å². The van der Waals surface area contributed by atoms with E-state index in [1.165, 1.54) is 28.4 Å². The van der Waals surface area contributed by atoms with Gasteiger partial charge in [-0.3, -0.25) is 4.90 Å². The molecule has 0 radical (unpaired) electrons. The van der Waals surface area contributed by atoms with E-state index < -0.39 is 0 Å². The van der Waals surface area contributed by atoms with Crippen molar-refractivity contribution in [2.75, 3.05) is 19.7 Å². The van der Waals surface area contributed by atoms with E-state index >= 15 is 0 Å². The molecule has 1 fully saturated rings. The zero-order valence-electron chi connectivity index (χ0n) is 15.9. The summed E-state index contributed by atoms with van der Waals surface area (Å²) in [4.78, 5) is 17.3. The van der Waals surface area contributed by atoms with E-state index in [1.54, 1.807) is 0 Å². The lowest BCUT2D eigenvalue weighted by molar-refractivity contribution is 0.134. The number of piperidine rings is 1. The van der Waals surface area contributed by atoms with Crippen LogP contribution in [0.3, 0.4) is 0 Å². The lowest BCUT2D eigenvalue weighted by Gasteiger charge is -2.31. The Hall–Kier alpha value is -1.53. The highest BCUT2D eigenvalue weighted by molar-refractivity contribution is 7.11. The Kier molecular flexibility index (Phi) is 5.69. The van der Waals surface area contributed by atoms with Crippen LogP contribution in [0.25, 0.3) is 0 Å². The smallest absolute Gasteiger partial charge is 0.219 e. The van der Waals surface area contributed by atoms with Gasteiger partial charge >= 0.3 is 0 Å². The van der Waals surface area contributed by atoms with E-state index in [9.17, 15) is 0 Å². The summed E-state index contributed by atoms with van der Waals surface area (Å²) in [6.45, 7) is 14.2. The van der Waals surface area contributed by atoms with Crippen molar-refractivity contribution in [3.63, 3.8) is 0 Å². The van der Waals surface area contributed by atoms with Gasteiger partial charge in [-0.05, 0) is 66.5 Å². The zero-order valence-corrected chi connectivity index (χ0v) is 16.7. The van der Waals surface area contributed by atoms with Gasteiger partial charge in [-0.2, -0.15) is 4.98 Å². The SMILES string of the molecule is Cc1nc(C)c(C)c(OCC2CCN(Cc3sc(C)nc3C)CC2)n1. The molecule has 0 spiro atoms. The average molecular weight is 361 g/mol. The van der Waals surface area contributed by atoms with E-state index in [0.717, 1.165) is 49.2 Å². The summed E-state index contributed by atoms with van der Waals surface area (Å²) >= 11 is 1.83. The summed E-state index contributed by atoms with van der Waals surface area (Å²) in [7, 11) is 0. The molecule has 3 rings (SSSR count). The molecule has 0 bridgehead atoms. The van der Waals surface area contributed by atoms with Gasteiger partial charge in [-0.25, -0.2) is 9.97 Å². The first-order valence-corrected chi connectivity index (χ1v) is 9.84. The van der Waals surface area contributed by atoms with Gasteiger partial charge in [-0.15, -0.1) is 11.3 Å². The number of rotatable bonds is 5. The minimum Gasteiger partial charge on any atom is -0.477 e. The molecular formula is C19H28N4OS. The van der Waals surface area contributed by atoms with Gasteiger partial charge in [0.15, 0.2) is 0 Å². The summed E-state index contributed by atoms with van der Waals surface area (Å²) in [5, 5.41) is 1.17. The van der Waals surface area contributed by atoms with Crippen LogP contribution >= 0.6 is 11.3 Å². The van der Waals surface area contributed by atoms with Crippen molar-refractivity contribution in [3.8, 4) is 5.88 Å². The number of hydrogen-bond acceptors (Lipinski definition) is 6. The fraction of sp³-hybridized carbons (Fsp3) is 0.632. The van der Waals surface area contributed by atoms with Crippen LogP contribution in [0.5, 0.6) is 5.88 Å². The first-order valence-electron chi connectivity index (χ1n) is 9.02. The fourth-order valence-corrected chi connectivity index (χ4v) is 4.29. The predicted molar refractivity (Wildman–Crippen MR) is 101 cm³/mol. The second-order valence-electron chi connectivity index (χ2n) is 7.06. The van der Waals surface area contributed by atoms with Crippen molar-refractivity contribution in [1.82, 2.24) is 19.9 Å². The highest BCUT2D eigenvalue weighted by atomic mass is 32.1. The number of hydrogen-bond donors (Lipinski definition) is 0. The lowest BCUT2D eigenvalue weighted by atomic mass is 9.98. The van der Waals surface area contributed by atoms with Gasteiger partial charge in [0.25, 0.3) is 0 Å². The third kappa shape index (κ3) is 4.55. The van der Waals surface area contributed by atoms with E-state index in [2.05, 4.69) is 33.7 Å². The van der Waals surface area contributed by atoms with E-state index in [0.29, 0.717) is 5.92 Å². The number of likely N-dealkylation sites (tertiary alicyclic amines) is 1. The van der Waals surface area contributed by atoms with Crippen molar-refractivity contribution >= 4 is 11.3 Å². The third-order valence-electron chi connectivity index (χ3n) is 4.99. The van der Waals surface area contributed by atoms with E-state index in [4.69, 9.17) is 4.74 Å². The molecule has 0 N–H and O–H groups in total. The maximum Gasteiger partial charge on any atom is 0.219 e. The van der Waals surface area contributed by atoms with Gasteiger partial charge < -0.3 is 4.74 Å². The molecule has 25 heavy (non-hydrogen) atoms. The van der Waals surface area contributed by atoms with Crippen molar-refractivity contribution < 1.29 is 4.74 Å². The largest absolute Gasteiger partial charge is 0.477 e. The maximum atomic E-state index is 6.04. The molecule has 0 aliphatic carbocycles. The maximum absolute atomic E-state index is 6.04. The molecule has 5 nitrogen and oxygen atoms in total. The molecule has 136 valence electrons. The number of nitrogens with zero attached hydrogens (tertiary/aromatic N) is 4.